The number of benzene rings is 1. The minimum Gasteiger partial charge on any atom is -0.349 e. The predicted octanol–water partition coefficient (Wildman–Crippen LogP) is 4.91. The van der Waals surface area contributed by atoms with Crippen LogP contribution in [-0.2, 0) is 4.79 Å². The summed E-state index contributed by atoms with van der Waals surface area (Å²) in [5, 5.41) is 10.6. The number of carbonyl (C=O) groups is 2. The van der Waals surface area contributed by atoms with Crippen molar-refractivity contribution in [3.63, 3.8) is 0 Å². The molecule has 0 bridgehead atoms. The van der Waals surface area contributed by atoms with Gasteiger partial charge in [-0.15, -0.1) is 16.4 Å². The standard InChI is InChI=1S/C22H26N4O2S2/c1-6-22(4,5)23-20(27)18(19-15(3)10-11-29-19)26(16-9-7-8-14(2)12-16)21(28)17-13-30-25-24-17/h7-13,18H,6H2,1-5H3,(H,23,27)/t18-/m1/s1. The second-order valence-electron chi connectivity index (χ2n) is 7.90. The molecule has 30 heavy (non-hydrogen) atoms. The fourth-order valence-electron chi connectivity index (χ4n) is 3.05. The second kappa shape index (κ2) is 9.06. The monoisotopic (exact) mass is 442 g/mol. The van der Waals surface area contributed by atoms with Crippen molar-refractivity contribution in [2.24, 2.45) is 0 Å². The third-order valence-electron chi connectivity index (χ3n) is 5.08. The Labute approximate surface area is 185 Å². The predicted molar refractivity (Wildman–Crippen MR) is 122 cm³/mol. The lowest BCUT2D eigenvalue weighted by Crippen LogP contribution is -2.50. The molecule has 2 heterocycles. The van der Waals surface area contributed by atoms with E-state index in [2.05, 4.69) is 14.9 Å². The van der Waals surface area contributed by atoms with Gasteiger partial charge in [0, 0.05) is 21.5 Å². The summed E-state index contributed by atoms with van der Waals surface area (Å²) in [6.07, 6.45) is 0.767. The minimum atomic E-state index is -0.813. The molecule has 0 aliphatic carbocycles. The van der Waals surface area contributed by atoms with Gasteiger partial charge in [0.25, 0.3) is 5.91 Å². The Hall–Kier alpha value is -2.58. The van der Waals surface area contributed by atoms with Crippen molar-refractivity contribution in [3.8, 4) is 0 Å². The van der Waals surface area contributed by atoms with Crippen LogP contribution in [0.2, 0.25) is 0 Å². The number of nitrogens with one attached hydrogen (secondary N) is 1. The quantitative estimate of drug-likeness (QED) is 0.564. The van der Waals surface area contributed by atoms with Crippen molar-refractivity contribution >= 4 is 40.4 Å². The first kappa shape index (κ1) is 22.1. The molecule has 8 heteroatoms. The number of amides is 2. The molecule has 3 aromatic rings. The Morgan fingerprint density at radius 2 is 2.00 bits per heavy atom. The summed E-state index contributed by atoms with van der Waals surface area (Å²) in [7, 11) is 0. The van der Waals surface area contributed by atoms with Crippen LogP contribution in [0.15, 0.2) is 41.1 Å². The maximum Gasteiger partial charge on any atom is 0.280 e. The molecule has 0 unspecified atom stereocenters. The van der Waals surface area contributed by atoms with Crippen molar-refractivity contribution in [1.82, 2.24) is 14.9 Å². The number of carbonyl (C=O) groups excluding carboxylic acids is 2. The first-order chi connectivity index (χ1) is 14.2. The van der Waals surface area contributed by atoms with Crippen LogP contribution in [0.1, 0.15) is 59.7 Å². The molecule has 0 saturated heterocycles. The van der Waals surface area contributed by atoms with Gasteiger partial charge in [-0.2, -0.15) is 0 Å². The van der Waals surface area contributed by atoms with Crippen molar-refractivity contribution < 1.29 is 9.59 Å². The average molecular weight is 443 g/mol. The zero-order chi connectivity index (χ0) is 21.9. The van der Waals surface area contributed by atoms with E-state index in [1.807, 2.05) is 70.3 Å². The highest BCUT2D eigenvalue weighted by Crippen LogP contribution is 2.35. The Morgan fingerprint density at radius 1 is 1.23 bits per heavy atom. The number of aryl methyl sites for hydroxylation is 2. The van der Waals surface area contributed by atoms with Crippen molar-refractivity contribution in [2.45, 2.75) is 52.6 Å². The maximum absolute atomic E-state index is 13.6. The van der Waals surface area contributed by atoms with E-state index in [1.54, 1.807) is 10.3 Å². The molecular weight excluding hydrogens is 416 g/mol. The number of anilines is 1. The molecule has 0 aliphatic heterocycles. The smallest absolute Gasteiger partial charge is 0.280 e. The topological polar surface area (TPSA) is 75.2 Å². The van der Waals surface area contributed by atoms with Crippen LogP contribution < -0.4 is 10.2 Å². The van der Waals surface area contributed by atoms with E-state index in [9.17, 15) is 9.59 Å². The van der Waals surface area contributed by atoms with Gasteiger partial charge >= 0.3 is 0 Å². The molecular formula is C22H26N4O2S2. The summed E-state index contributed by atoms with van der Waals surface area (Å²) in [4.78, 5) is 29.5. The van der Waals surface area contributed by atoms with Crippen LogP contribution in [0.3, 0.4) is 0 Å². The highest BCUT2D eigenvalue weighted by atomic mass is 32.1. The van der Waals surface area contributed by atoms with E-state index >= 15 is 0 Å². The SMILES string of the molecule is CCC(C)(C)NC(=O)[C@@H](c1sccc1C)N(C(=O)c1csnn1)c1cccc(C)c1. The molecule has 0 spiro atoms. The maximum atomic E-state index is 13.6. The fraction of sp³-hybridized carbons (Fsp3) is 0.364. The molecule has 2 aromatic heterocycles. The minimum absolute atomic E-state index is 0.217. The highest BCUT2D eigenvalue weighted by Gasteiger charge is 2.37. The molecule has 3 rings (SSSR count). The van der Waals surface area contributed by atoms with E-state index in [4.69, 9.17) is 0 Å². The first-order valence-electron chi connectivity index (χ1n) is 9.77. The van der Waals surface area contributed by atoms with Crippen LogP contribution in [0.4, 0.5) is 5.69 Å². The summed E-state index contributed by atoms with van der Waals surface area (Å²) in [5.41, 5.74) is 2.44. The van der Waals surface area contributed by atoms with Gasteiger partial charge in [0.05, 0.1) is 0 Å². The van der Waals surface area contributed by atoms with Gasteiger partial charge in [-0.3, -0.25) is 14.5 Å². The van der Waals surface area contributed by atoms with Crippen LogP contribution in [0.25, 0.3) is 0 Å². The lowest BCUT2D eigenvalue weighted by atomic mass is 10.00. The Morgan fingerprint density at radius 3 is 2.57 bits per heavy atom. The number of aromatic nitrogens is 2. The van der Waals surface area contributed by atoms with Gasteiger partial charge in [-0.05, 0) is 80.4 Å². The summed E-state index contributed by atoms with van der Waals surface area (Å²) < 4.78 is 3.84. The third kappa shape index (κ3) is 4.76. The normalized spacial score (nSPS) is 12.4. The van der Waals surface area contributed by atoms with Gasteiger partial charge in [0.1, 0.15) is 0 Å². The fourth-order valence-corrected chi connectivity index (χ4v) is 4.50. The van der Waals surface area contributed by atoms with E-state index in [0.717, 1.165) is 34.0 Å². The number of hydrogen-bond donors (Lipinski definition) is 1. The Kier molecular flexibility index (Phi) is 6.67. The molecule has 6 nitrogen and oxygen atoms in total. The molecule has 2 amide bonds. The largest absolute Gasteiger partial charge is 0.349 e. The summed E-state index contributed by atoms with van der Waals surface area (Å²) in [5.74, 6) is -0.568. The lowest BCUT2D eigenvalue weighted by Gasteiger charge is -2.34. The summed E-state index contributed by atoms with van der Waals surface area (Å²) in [6.45, 7) is 9.90. The van der Waals surface area contributed by atoms with Crippen LogP contribution in [-0.4, -0.2) is 26.9 Å². The number of rotatable bonds is 7. The van der Waals surface area contributed by atoms with E-state index < -0.39 is 11.6 Å². The van der Waals surface area contributed by atoms with Gasteiger partial charge in [-0.25, -0.2) is 0 Å². The zero-order valence-electron chi connectivity index (χ0n) is 17.8. The lowest BCUT2D eigenvalue weighted by molar-refractivity contribution is -0.124. The number of thiophene rings is 1. The molecule has 1 aromatic carbocycles. The highest BCUT2D eigenvalue weighted by molar-refractivity contribution is 7.10. The van der Waals surface area contributed by atoms with E-state index in [0.29, 0.717) is 5.69 Å². The van der Waals surface area contributed by atoms with Gasteiger partial charge in [0.2, 0.25) is 5.91 Å². The van der Waals surface area contributed by atoms with Crippen LogP contribution >= 0.6 is 22.9 Å². The van der Waals surface area contributed by atoms with Crippen molar-refractivity contribution in [3.05, 3.63) is 62.8 Å². The summed E-state index contributed by atoms with van der Waals surface area (Å²) >= 11 is 2.58. The number of hydrogen-bond acceptors (Lipinski definition) is 6. The van der Waals surface area contributed by atoms with Crippen molar-refractivity contribution in [1.29, 1.82) is 0 Å². The van der Waals surface area contributed by atoms with E-state index in [1.165, 1.54) is 11.3 Å². The zero-order valence-corrected chi connectivity index (χ0v) is 19.4. The molecule has 0 radical (unpaired) electrons. The van der Waals surface area contributed by atoms with Crippen LogP contribution in [0, 0.1) is 13.8 Å². The molecule has 1 atom stereocenters. The van der Waals surface area contributed by atoms with Gasteiger partial charge in [-0.1, -0.05) is 23.5 Å². The molecule has 0 fully saturated rings. The average Bonchev–Trinajstić information content (AvgIpc) is 3.37. The first-order valence-corrected chi connectivity index (χ1v) is 11.5. The van der Waals surface area contributed by atoms with Gasteiger partial charge in [0.15, 0.2) is 11.7 Å². The Balaban J connectivity index is 2.17. The van der Waals surface area contributed by atoms with Crippen LogP contribution in [0.5, 0.6) is 0 Å². The van der Waals surface area contributed by atoms with Gasteiger partial charge < -0.3 is 5.32 Å². The third-order valence-corrected chi connectivity index (χ3v) is 6.66. The molecule has 0 aliphatic rings. The molecule has 158 valence electrons. The Bertz CT molecular complexity index is 1030. The van der Waals surface area contributed by atoms with E-state index in [-0.39, 0.29) is 17.5 Å². The summed E-state index contributed by atoms with van der Waals surface area (Å²) in [6, 6.07) is 8.75. The molecule has 0 saturated carbocycles. The van der Waals surface area contributed by atoms with Crippen molar-refractivity contribution in [2.75, 3.05) is 4.90 Å². The second-order valence-corrected chi connectivity index (χ2v) is 9.46. The molecule has 1 N–H and O–H groups in total. The number of nitrogens with zero attached hydrogens (tertiary/aromatic N) is 3.